The Bertz CT molecular complexity index is 1490. The zero-order valence-electron chi connectivity index (χ0n) is 20.1. The smallest absolute Gasteiger partial charge is 0.335 e. The normalized spacial score (nSPS) is 15.2. The molecule has 1 saturated heterocycles. The van der Waals surface area contributed by atoms with E-state index in [2.05, 4.69) is 10.1 Å². The summed E-state index contributed by atoms with van der Waals surface area (Å²) in [5, 5.41) is 3.79. The van der Waals surface area contributed by atoms with Crippen LogP contribution < -0.4 is 0 Å². The Morgan fingerprint density at radius 1 is 0.821 bits per heavy atom. The molecule has 2 aromatic heterocycles. The molecule has 1 amide bonds. The zero-order valence-corrected chi connectivity index (χ0v) is 20.1. The van der Waals surface area contributed by atoms with Gasteiger partial charge in [0.15, 0.2) is 11.3 Å². The predicted molar refractivity (Wildman–Crippen MR) is 126 cm³/mol. The topological polar surface area (TPSA) is 53.7 Å². The van der Waals surface area contributed by atoms with Crippen LogP contribution in [0.2, 0.25) is 0 Å². The first kappa shape index (κ1) is 26.6. The number of carbonyl (C=O) groups excluding carboxylic acids is 1. The van der Waals surface area contributed by atoms with Crippen LogP contribution in [0.4, 0.5) is 30.7 Å². The number of rotatable bonds is 5. The van der Waals surface area contributed by atoms with E-state index in [0.717, 1.165) is 23.8 Å². The summed E-state index contributed by atoms with van der Waals surface area (Å²) in [5.41, 5.74) is -1.54. The van der Waals surface area contributed by atoms with E-state index in [1.54, 1.807) is 12.1 Å². The molecule has 2 aromatic carbocycles. The monoisotopic (exact) mass is 551 g/mol. The van der Waals surface area contributed by atoms with Gasteiger partial charge in [0.2, 0.25) is 0 Å². The van der Waals surface area contributed by atoms with Gasteiger partial charge in [-0.2, -0.15) is 27.1 Å². The molecule has 6 nitrogen and oxygen atoms in total. The summed E-state index contributed by atoms with van der Waals surface area (Å²) >= 11 is 0. The summed E-state index contributed by atoms with van der Waals surface area (Å²) in [6.07, 6.45) is -5.95. The lowest BCUT2D eigenvalue weighted by Crippen LogP contribution is -2.48. The van der Waals surface area contributed by atoms with Gasteiger partial charge in [-0.25, -0.2) is 18.3 Å². The fraction of sp³-hybridized carbons (Fsp3) is 0.269. The molecule has 0 unspecified atom stereocenters. The van der Waals surface area contributed by atoms with E-state index in [1.807, 2.05) is 4.90 Å². The molecule has 13 heteroatoms. The fourth-order valence-electron chi connectivity index (χ4n) is 4.34. The third-order valence-electron chi connectivity index (χ3n) is 6.44. The van der Waals surface area contributed by atoms with Crippen molar-refractivity contribution >= 4 is 11.6 Å². The molecule has 1 aliphatic rings. The molecule has 39 heavy (non-hydrogen) atoms. The highest BCUT2D eigenvalue weighted by Gasteiger charge is 2.60. The summed E-state index contributed by atoms with van der Waals surface area (Å²) in [4.78, 5) is 20.7. The number of nitrogens with zero attached hydrogens (tertiary/aromatic N) is 5. The molecule has 0 spiro atoms. The van der Waals surface area contributed by atoms with E-state index >= 15 is 0 Å². The Labute approximate surface area is 217 Å². The van der Waals surface area contributed by atoms with Crippen molar-refractivity contribution in [2.24, 2.45) is 0 Å². The molecule has 0 radical (unpaired) electrons. The Morgan fingerprint density at radius 2 is 1.41 bits per heavy atom. The van der Waals surface area contributed by atoms with Crippen LogP contribution in [0.15, 0.2) is 60.7 Å². The number of halogens is 7. The number of aromatic nitrogens is 3. The Kier molecular flexibility index (Phi) is 6.79. The third kappa shape index (κ3) is 5.31. The molecule has 0 N–H and O–H groups in total. The van der Waals surface area contributed by atoms with Gasteiger partial charge in [0.05, 0.1) is 5.69 Å². The largest absolute Gasteiger partial charge is 0.459 e. The minimum Gasteiger partial charge on any atom is -0.335 e. The number of fused-ring (bicyclic) bond motifs is 1. The molecular weight excluding hydrogens is 531 g/mol. The number of hydrogen-bond donors (Lipinski definition) is 0. The van der Waals surface area contributed by atoms with Crippen molar-refractivity contribution in [3.63, 3.8) is 0 Å². The Balaban J connectivity index is 1.42. The van der Waals surface area contributed by atoms with E-state index in [1.165, 1.54) is 29.2 Å². The SMILES string of the molecule is O=C(c1cc2nc(-c3ccc(F)cc3)cc(C(F)(F)C(F)(F)F)n2n1)N1CCN(Cc2ccc(F)cc2)CC1. The molecule has 0 aliphatic carbocycles. The van der Waals surface area contributed by atoms with Crippen molar-refractivity contribution in [1.29, 1.82) is 0 Å². The summed E-state index contributed by atoms with van der Waals surface area (Å²) in [5.74, 6) is -6.94. The van der Waals surface area contributed by atoms with Crippen LogP contribution in [0, 0.1) is 11.6 Å². The first-order valence-electron chi connectivity index (χ1n) is 11.8. The van der Waals surface area contributed by atoms with Crippen LogP contribution in [0.25, 0.3) is 16.9 Å². The minimum absolute atomic E-state index is 0.101. The Morgan fingerprint density at radius 3 is 2.00 bits per heavy atom. The van der Waals surface area contributed by atoms with Crippen molar-refractivity contribution in [2.45, 2.75) is 18.6 Å². The van der Waals surface area contributed by atoms with E-state index in [-0.39, 0.29) is 35.9 Å². The molecule has 1 fully saturated rings. The molecule has 0 bridgehead atoms. The van der Waals surface area contributed by atoms with Gasteiger partial charge in [0, 0.05) is 44.4 Å². The van der Waals surface area contributed by atoms with Gasteiger partial charge in [0.25, 0.3) is 5.91 Å². The molecule has 0 saturated carbocycles. The molecule has 0 atom stereocenters. The molecule has 5 rings (SSSR count). The molecular formula is C26H20F7N5O. The quantitative estimate of drug-likeness (QED) is 0.317. The summed E-state index contributed by atoms with van der Waals surface area (Å²) < 4.78 is 96.0. The lowest BCUT2D eigenvalue weighted by Gasteiger charge is -2.34. The van der Waals surface area contributed by atoms with Crippen LogP contribution in [0.1, 0.15) is 21.7 Å². The van der Waals surface area contributed by atoms with Crippen LogP contribution in [0.3, 0.4) is 0 Å². The molecule has 204 valence electrons. The lowest BCUT2D eigenvalue weighted by atomic mass is 10.1. The van der Waals surface area contributed by atoms with Gasteiger partial charge in [-0.1, -0.05) is 12.1 Å². The number of amides is 1. The second kappa shape index (κ2) is 9.95. The average Bonchev–Trinajstić information content (AvgIpc) is 3.33. The van der Waals surface area contributed by atoms with Crippen LogP contribution >= 0.6 is 0 Å². The van der Waals surface area contributed by atoms with Crippen molar-refractivity contribution in [1.82, 2.24) is 24.4 Å². The van der Waals surface area contributed by atoms with Gasteiger partial charge in [-0.15, -0.1) is 0 Å². The maximum atomic E-state index is 14.6. The van der Waals surface area contributed by atoms with Gasteiger partial charge in [-0.05, 0) is 48.0 Å². The minimum atomic E-state index is -5.95. The van der Waals surface area contributed by atoms with E-state index in [4.69, 9.17) is 0 Å². The molecule has 1 aliphatic heterocycles. The van der Waals surface area contributed by atoms with E-state index in [9.17, 15) is 35.5 Å². The van der Waals surface area contributed by atoms with Gasteiger partial charge in [0.1, 0.15) is 17.3 Å². The first-order chi connectivity index (χ1) is 18.4. The van der Waals surface area contributed by atoms with Gasteiger partial charge < -0.3 is 4.90 Å². The van der Waals surface area contributed by atoms with Crippen molar-refractivity contribution < 1.29 is 35.5 Å². The van der Waals surface area contributed by atoms with Crippen LogP contribution in [0.5, 0.6) is 0 Å². The molecule has 4 aromatic rings. The summed E-state index contributed by atoms with van der Waals surface area (Å²) in [6, 6.07) is 12.0. The van der Waals surface area contributed by atoms with Gasteiger partial charge in [-0.3, -0.25) is 9.69 Å². The fourth-order valence-corrected chi connectivity index (χ4v) is 4.34. The maximum Gasteiger partial charge on any atom is 0.459 e. The average molecular weight is 551 g/mol. The number of piperazine rings is 1. The lowest BCUT2D eigenvalue weighted by molar-refractivity contribution is -0.291. The highest BCUT2D eigenvalue weighted by molar-refractivity contribution is 5.93. The summed E-state index contributed by atoms with van der Waals surface area (Å²) in [6.45, 7) is 1.96. The van der Waals surface area contributed by atoms with E-state index < -0.39 is 35.2 Å². The maximum absolute atomic E-state index is 14.6. The van der Waals surface area contributed by atoms with Crippen LogP contribution in [-0.2, 0) is 12.5 Å². The van der Waals surface area contributed by atoms with Crippen LogP contribution in [-0.4, -0.2) is 62.7 Å². The number of hydrogen-bond acceptors (Lipinski definition) is 4. The third-order valence-corrected chi connectivity index (χ3v) is 6.44. The zero-order chi connectivity index (χ0) is 27.9. The van der Waals surface area contributed by atoms with Crippen molar-refractivity contribution in [2.75, 3.05) is 26.2 Å². The predicted octanol–water partition coefficient (Wildman–Crippen LogP) is 5.29. The Hall–Kier alpha value is -4.00. The highest BCUT2D eigenvalue weighted by Crippen LogP contribution is 2.44. The number of carbonyl (C=O) groups is 1. The standard InChI is InChI=1S/C26H20F7N5O/c27-18-5-1-16(2-6-18)15-36-9-11-37(12-10-36)24(39)21-14-23-34-20(17-3-7-19(28)8-4-17)13-22(38(23)35-21)25(29,30)26(31,32)33/h1-8,13-14H,9-12,15H2. The van der Waals surface area contributed by atoms with E-state index in [0.29, 0.717) is 30.2 Å². The van der Waals surface area contributed by atoms with Gasteiger partial charge >= 0.3 is 12.1 Å². The second-order valence-electron chi connectivity index (χ2n) is 9.10. The highest BCUT2D eigenvalue weighted by atomic mass is 19.4. The van der Waals surface area contributed by atoms with Crippen molar-refractivity contribution in [3.05, 3.63) is 89.2 Å². The van der Waals surface area contributed by atoms with Crippen molar-refractivity contribution in [3.8, 4) is 11.3 Å². The first-order valence-corrected chi connectivity index (χ1v) is 11.8. The number of benzene rings is 2. The second-order valence-corrected chi connectivity index (χ2v) is 9.10. The molecule has 3 heterocycles. The summed E-state index contributed by atoms with van der Waals surface area (Å²) in [7, 11) is 0. The number of alkyl halides is 5.